The minimum Gasteiger partial charge on any atom is -0.457 e. The number of benzene rings is 2. The maximum absolute atomic E-state index is 12.3. The summed E-state index contributed by atoms with van der Waals surface area (Å²) in [6.07, 6.45) is 2.22. The number of nitrogens with one attached hydrogen (secondary N) is 1. The van der Waals surface area contributed by atoms with Crippen LogP contribution in [0.15, 0.2) is 51.8 Å². The lowest BCUT2D eigenvalue weighted by Gasteiger charge is -2.31. The second-order valence-electron chi connectivity index (χ2n) is 5.70. The van der Waals surface area contributed by atoms with Gasteiger partial charge in [-0.2, -0.15) is 4.72 Å². The lowest BCUT2D eigenvalue weighted by atomic mass is 10.2. The zero-order valence-corrected chi connectivity index (χ0v) is 14.6. The summed E-state index contributed by atoms with van der Waals surface area (Å²) in [5.41, 5.74) is 0.757. The van der Waals surface area contributed by atoms with E-state index in [0.717, 1.165) is 23.0 Å². The molecule has 5 nitrogen and oxygen atoms in total. The molecule has 120 valence electrons. The highest BCUT2D eigenvalue weighted by molar-refractivity contribution is 9.10. The lowest BCUT2D eigenvalue weighted by molar-refractivity contribution is 0.479. The van der Waals surface area contributed by atoms with Gasteiger partial charge in [0, 0.05) is 16.6 Å². The Morgan fingerprint density at radius 2 is 1.91 bits per heavy atom. The molecule has 1 heterocycles. The van der Waals surface area contributed by atoms with E-state index in [1.165, 1.54) is 0 Å². The van der Waals surface area contributed by atoms with E-state index in [1.807, 2.05) is 36.4 Å². The first-order chi connectivity index (χ1) is 11.0. The fourth-order valence-corrected chi connectivity index (χ4v) is 4.28. The average molecular weight is 395 g/mol. The van der Waals surface area contributed by atoms with Crippen LogP contribution in [0.2, 0.25) is 0 Å². The summed E-state index contributed by atoms with van der Waals surface area (Å²) in [7, 11) is -3.48. The topological polar surface area (TPSA) is 58.6 Å². The monoisotopic (exact) mass is 394 g/mol. The van der Waals surface area contributed by atoms with Gasteiger partial charge in [-0.1, -0.05) is 22.0 Å². The van der Waals surface area contributed by atoms with Gasteiger partial charge in [-0.3, -0.25) is 0 Å². The Balaban J connectivity index is 1.71. The highest BCUT2D eigenvalue weighted by Crippen LogP contribution is 2.39. The minimum absolute atomic E-state index is 0.281. The van der Waals surface area contributed by atoms with Crippen molar-refractivity contribution in [2.24, 2.45) is 0 Å². The number of hydrogen-bond acceptors (Lipinski definition) is 4. The van der Waals surface area contributed by atoms with E-state index >= 15 is 0 Å². The fourth-order valence-electron chi connectivity index (χ4n) is 2.71. The highest BCUT2D eigenvalue weighted by Gasteiger charge is 2.36. The van der Waals surface area contributed by atoms with Crippen molar-refractivity contribution < 1.29 is 13.2 Å². The molecule has 0 atom stereocenters. The summed E-state index contributed by atoms with van der Waals surface area (Å²) in [4.78, 5) is 2.39. The van der Waals surface area contributed by atoms with Gasteiger partial charge in [0.15, 0.2) is 0 Å². The van der Waals surface area contributed by atoms with Gasteiger partial charge in [0.05, 0.1) is 12.4 Å². The summed E-state index contributed by atoms with van der Waals surface area (Å²) in [5, 5.41) is 0. The number of rotatable bonds is 3. The van der Waals surface area contributed by atoms with Gasteiger partial charge < -0.3 is 9.64 Å². The van der Waals surface area contributed by atoms with Gasteiger partial charge >= 0.3 is 0 Å². The van der Waals surface area contributed by atoms with E-state index in [4.69, 9.17) is 4.74 Å². The summed E-state index contributed by atoms with van der Waals surface area (Å²) >= 11 is 3.39. The molecule has 1 aliphatic heterocycles. The molecule has 0 aromatic heterocycles. The molecule has 1 saturated carbocycles. The summed E-state index contributed by atoms with van der Waals surface area (Å²) in [6, 6.07) is 13.1. The Kier molecular flexibility index (Phi) is 3.59. The molecule has 0 bridgehead atoms. The molecule has 1 aliphatic carbocycles. The van der Waals surface area contributed by atoms with Crippen LogP contribution in [0.5, 0.6) is 11.5 Å². The van der Waals surface area contributed by atoms with Crippen LogP contribution in [0, 0.1) is 0 Å². The van der Waals surface area contributed by atoms with Gasteiger partial charge in [-0.25, -0.2) is 8.42 Å². The van der Waals surface area contributed by atoms with Crippen molar-refractivity contribution in [2.75, 3.05) is 11.6 Å². The predicted octanol–water partition coefficient (Wildman–Crippen LogP) is 3.46. The van der Waals surface area contributed by atoms with E-state index in [1.54, 1.807) is 6.07 Å². The third-order valence-corrected chi connectivity index (χ3v) is 5.88. The molecule has 7 heteroatoms. The van der Waals surface area contributed by atoms with Crippen molar-refractivity contribution >= 4 is 31.6 Å². The lowest BCUT2D eigenvalue weighted by Crippen LogP contribution is -2.44. The molecule has 2 aromatic rings. The molecule has 4 rings (SSSR count). The number of hydrogen-bond donors (Lipinski definition) is 1. The Labute approximate surface area is 143 Å². The third kappa shape index (κ3) is 2.96. The van der Waals surface area contributed by atoms with Crippen molar-refractivity contribution in [3.8, 4) is 11.5 Å². The maximum atomic E-state index is 12.3. The minimum atomic E-state index is -3.48. The number of anilines is 1. The Hall–Kier alpha value is -1.57. The van der Waals surface area contributed by atoms with Crippen molar-refractivity contribution in [2.45, 2.75) is 23.8 Å². The zero-order valence-electron chi connectivity index (χ0n) is 12.2. The normalized spacial score (nSPS) is 19.3. The first kappa shape index (κ1) is 15.0. The SMILES string of the molecule is O=S1(=O)NCN(C2CC2)c2ccc(Oc3cccc(Br)c3)cc21. The summed E-state index contributed by atoms with van der Waals surface area (Å²) in [6.45, 7) is 0.339. The van der Waals surface area contributed by atoms with E-state index in [-0.39, 0.29) is 4.90 Å². The Morgan fingerprint density at radius 3 is 2.65 bits per heavy atom. The predicted molar refractivity (Wildman–Crippen MR) is 91.3 cm³/mol. The molecule has 0 spiro atoms. The fraction of sp³-hybridized carbons (Fsp3) is 0.250. The van der Waals surface area contributed by atoms with Crippen molar-refractivity contribution in [3.05, 3.63) is 46.9 Å². The van der Waals surface area contributed by atoms with Crippen molar-refractivity contribution in [3.63, 3.8) is 0 Å². The maximum Gasteiger partial charge on any atom is 0.244 e. The molecule has 0 saturated heterocycles. The van der Waals surface area contributed by atoms with Crippen LogP contribution in [-0.4, -0.2) is 21.1 Å². The molecular formula is C16H15BrN2O3S. The summed E-state index contributed by atoms with van der Waals surface area (Å²) in [5.74, 6) is 1.16. The standard InChI is InChI=1S/C16H15BrN2O3S/c17-11-2-1-3-13(8-11)22-14-6-7-15-16(9-14)23(20,21)18-10-19(15)12-4-5-12/h1-3,6-9,12,18H,4-5,10H2. The molecule has 23 heavy (non-hydrogen) atoms. The molecule has 0 amide bonds. The van der Waals surface area contributed by atoms with Crippen molar-refractivity contribution in [1.82, 2.24) is 4.72 Å². The van der Waals surface area contributed by atoms with E-state index in [0.29, 0.717) is 24.2 Å². The van der Waals surface area contributed by atoms with Gasteiger partial charge in [0.2, 0.25) is 10.0 Å². The molecular weight excluding hydrogens is 380 g/mol. The van der Waals surface area contributed by atoms with E-state index in [9.17, 15) is 8.42 Å². The zero-order chi connectivity index (χ0) is 16.0. The van der Waals surface area contributed by atoms with Gasteiger partial charge in [-0.05, 0) is 43.2 Å². The second-order valence-corrected chi connectivity index (χ2v) is 8.35. The van der Waals surface area contributed by atoms with Gasteiger partial charge in [0.1, 0.15) is 16.4 Å². The van der Waals surface area contributed by atoms with Crippen molar-refractivity contribution in [1.29, 1.82) is 0 Å². The van der Waals surface area contributed by atoms with Crippen LogP contribution >= 0.6 is 15.9 Å². The first-order valence-corrected chi connectivity index (χ1v) is 9.64. The van der Waals surface area contributed by atoms with Gasteiger partial charge in [0.25, 0.3) is 0 Å². The van der Waals surface area contributed by atoms with E-state index < -0.39 is 10.0 Å². The van der Waals surface area contributed by atoms with Crippen LogP contribution < -0.4 is 14.4 Å². The number of fused-ring (bicyclic) bond motifs is 1. The second kappa shape index (κ2) is 5.51. The third-order valence-electron chi connectivity index (χ3n) is 3.97. The largest absolute Gasteiger partial charge is 0.457 e. The van der Waals surface area contributed by atoms with Crippen LogP contribution in [-0.2, 0) is 10.0 Å². The van der Waals surface area contributed by atoms with Crippen LogP contribution in [0.4, 0.5) is 5.69 Å². The Morgan fingerprint density at radius 1 is 1.13 bits per heavy atom. The Bertz CT molecular complexity index is 865. The number of halogens is 1. The first-order valence-electron chi connectivity index (χ1n) is 7.37. The number of ether oxygens (including phenoxy) is 1. The van der Waals surface area contributed by atoms with E-state index in [2.05, 4.69) is 25.6 Å². The van der Waals surface area contributed by atoms with Crippen LogP contribution in [0.3, 0.4) is 0 Å². The number of nitrogens with zero attached hydrogens (tertiary/aromatic N) is 1. The molecule has 0 radical (unpaired) electrons. The quantitative estimate of drug-likeness (QED) is 0.865. The molecule has 2 aromatic carbocycles. The van der Waals surface area contributed by atoms with Crippen LogP contribution in [0.1, 0.15) is 12.8 Å². The average Bonchev–Trinajstić information content (AvgIpc) is 3.33. The summed E-state index contributed by atoms with van der Waals surface area (Å²) < 4.78 is 34.0. The molecule has 0 unspecified atom stereocenters. The highest BCUT2D eigenvalue weighted by atomic mass is 79.9. The molecule has 1 fully saturated rings. The molecule has 2 aliphatic rings. The molecule has 1 N–H and O–H groups in total. The van der Waals surface area contributed by atoms with Gasteiger partial charge in [-0.15, -0.1) is 0 Å². The smallest absolute Gasteiger partial charge is 0.244 e. The number of sulfonamides is 1. The van der Waals surface area contributed by atoms with Crippen LogP contribution in [0.25, 0.3) is 0 Å².